The smallest absolute Gasteiger partial charge is 0.264 e. The van der Waals surface area contributed by atoms with Gasteiger partial charge >= 0.3 is 0 Å². The Morgan fingerprint density at radius 2 is 2.44 bits per heavy atom. The van der Waals surface area contributed by atoms with Gasteiger partial charge in [-0.2, -0.15) is 0 Å². The fourth-order valence-corrected chi connectivity index (χ4v) is 3.23. The number of aliphatic hydroxyl groups excluding tert-OH is 1. The van der Waals surface area contributed by atoms with Crippen molar-refractivity contribution in [3.63, 3.8) is 0 Å². The van der Waals surface area contributed by atoms with Crippen LogP contribution in [0.1, 0.15) is 27.0 Å². The maximum Gasteiger partial charge on any atom is 0.264 e. The number of carbonyl (C=O) groups is 1. The van der Waals surface area contributed by atoms with Crippen LogP contribution in [0.15, 0.2) is 6.07 Å². The third-order valence-corrected chi connectivity index (χ3v) is 4.32. The van der Waals surface area contributed by atoms with Crippen LogP contribution in [0.5, 0.6) is 0 Å². The number of hydrogen-bond acceptors (Lipinski definition) is 4. The Morgan fingerprint density at radius 1 is 1.67 bits per heavy atom. The normalized spacial score (nSPS) is 20.2. The van der Waals surface area contributed by atoms with Gasteiger partial charge in [-0.3, -0.25) is 4.79 Å². The van der Waals surface area contributed by atoms with Gasteiger partial charge in [0, 0.05) is 18.0 Å². The molecule has 1 atom stereocenters. The summed E-state index contributed by atoms with van der Waals surface area (Å²) in [5, 5.41) is 9.09. The largest absolute Gasteiger partial charge is 0.394 e. The van der Waals surface area contributed by atoms with Crippen molar-refractivity contribution in [2.45, 2.75) is 26.4 Å². The van der Waals surface area contributed by atoms with Crippen LogP contribution in [-0.2, 0) is 11.2 Å². The first kappa shape index (κ1) is 13.5. The molecule has 1 aromatic rings. The van der Waals surface area contributed by atoms with Crippen LogP contribution in [0, 0.1) is 6.92 Å². The average Bonchev–Trinajstić information content (AvgIpc) is 2.79. The van der Waals surface area contributed by atoms with Gasteiger partial charge in [0.25, 0.3) is 5.91 Å². The summed E-state index contributed by atoms with van der Waals surface area (Å²) < 4.78 is 5.35. The number of thiophene rings is 1. The number of aryl methyl sites for hydroxylation is 2. The predicted octanol–water partition coefficient (Wildman–Crippen LogP) is 1.45. The van der Waals surface area contributed by atoms with Crippen LogP contribution in [0.25, 0.3) is 0 Å². The molecule has 1 aliphatic rings. The lowest BCUT2D eigenvalue weighted by Gasteiger charge is -2.31. The summed E-state index contributed by atoms with van der Waals surface area (Å²) in [4.78, 5) is 16.1. The van der Waals surface area contributed by atoms with Crippen molar-refractivity contribution in [2.75, 3.05) is 26.3 Å². The van der Waals surface area contributed by atoms with Crippen LogP contribution in [0.4, 0.5) is 0 Å². The van der Waals surface area contributed by atoms with E-state index >= 15 is 0 Å². The minimum atomic E-state index is -0.241. The zero-order valence-electron chi connectivity index (χ0n) is 10.8. The number of carbonyl (C=O) groups excluding carboxylic acids is 1. The third kappa shape index (κ3) is 2.74. The van der Waals surface area contributed by atoms with Gasteiger partial charge in [0.1, 0.15) is 0 Å². The lowest BCUT2D eigenvalue weighted by molar-refractivity contribution is -0.0446. The molecule has 100 valence electrons. The maximum absolute atomic E-state index is 12.3. The Bertz CT molecular complexity index is 430. The van der Waals surface area contributed by atoms with Gasteiger partial charge in [-0.1, -0.05) is 6.92 Å². The second-order valence-electron chi connectivity index (χ2n) is 4.47. The molecule has 0 aliphatic carbocycles. The summed E-state index contributed by atoms with van der Waals surface area (Å²) in [6, 6.07) is 1.99. The highest BCUT2D eigenvalue weighted by Crippen LogP contribution is 2.24. The molecule has 2 rings (SSSR count). The highest BCUT2D eigenvalue weighted by Gasteiger charge is 2.25. The molecular weight excluding hydrogens is 250 g/mol. The minimum Gasteiger partial charge on any atom is -0.394 e. The van der Waals surface area contributed by atoms with Gasteiger partial charge in [-0.25, -0.2) is 0 Å². The highest BCUT2D eigenvalue weighted by atomic mass is 32.1. The van der Waals surface area contributed by atoms with E-state index < -0.39 is 0 Å². The highest BCUT2D eigenvalue weighted by molar-refractivity contribution is 7.14. The monoisotopic (exact) mass is 269 g/mol. The molecule has 5 heteroatoms. The Labute approximate surface area is 111 Å². The van der Waals surface area contributed by atoms with Crippen LogP contribution >= 0.6 is 11.3 Å². The number of aliphatic hydroxyl groups is 1. The molecule has 1 unspecified atom stereocenters. The van der Waals surface area contributed by atoms with Gasteiger partial charge in [-0.05, 0) is 25.0 Å². The van der Waals surface area contributed by atoms with Crippen molar-refractivity contribution < 1.29 is 14.6 Å². The van der Waals surface area contributed by atoms with Gasteiger partial charge < -0.3 is 14.7 Å². The first-order valence-electron chi connectivity index (χ1n) is 6.26. The lowest BCUT2D eigenvalue weighted by Crippen LogP contribution is -2.46. The van der Waals surface area contributed by atoms with Crippen molar-refractivity contribution in [1.29, 1.82) is 0 Å². The fourth-order valence-electron chi connectivity index (χ4n) is 2.15. The van der Waals surface area contributed by atoms with E-state index in [1.807, 2.05) is 6.07 Å². The molecular formula is C13H19NO3S. The van der Waals surface area contributed by atoms with E-state index in [-0.39, 0.29) is 18.6 Å². The first-order chi connectivity index (χ1) is 8.65. The molecule has 1 saturated heterocycles. The Balaban J connectivity index is 2.10. The minimum absolute atomic E-state index is 0.0343. The molecule has 0 bridgehead atoms. The molecule has 4 nitrogen and oxygen atoms in total. The van der Waals surface area contributed by atoms with Crippen LogP contribution in [0.2, 0.25) is 0 Å². The molecule has 18 heavy (non-hydrogen) atoms. The van der Waals surface area contributed by atoms with Crippen LogP contribution in [-0.4, -0.2) is 48.3 Å². The molecule has 1 N–H and O–H groups in total. The van der Waals surface area contributed by atoms with Gasteiger partial charge in [0.05, 0.1) is 24.2 Å². The summed E-state index contributed by atoms with van der Waals surface area (Å²) in [7, 11) is 0. The molecule has 0 radical (unpaired) electrons. The number of ether oxygens (including phenoxy) is 1. The van der Waals surface area contributed by atoms with Crippen molar-refractivity contribution in [3.8, 4) is 0 Å². The molecule has 1 aromatic heterocycles. The summed E-state index contributed by atoms with van der Waals surface area (Å²) >= 11 is 1.55. The Hall–Kier alpha value is -0.910. The van der Waals surface area contributed by atoms with Crippen molar-refractivity contribution >= 4 is 17.2 Å². The zero-order chi connectivity index (χ0) is 13.1. The SMILES string of the molecule is CCc1cc(C(=O)N2CCOC(CO)C2)sc1C. The van der Waals surface area contributed by atoms with E-state index in [0.29, 0.717) is 19.7 Å². The van der Waals surface area contributed by atoms with E-state index in [2.05, 4.69) is 13.8 Å². The van der Waals surface area contributed by atoms with Crippen LogP contribution < -0.4 is 0 Å². The molecule has 0 aromatic carbocycles. The van der Waals surface area contributed by atoms with Crippen molar-refractivity contribution in [2.24, 2.45) is 0 Å². The number of morpholine rings is 1. The first-order valence-corrected chi connectivity index (χ1v) is 7.08. The summed E-state index contributed by atoms with van der Waals surface area (Å²) in [6.45, 7) is 5.70. The summed E-state index contributed by atoms with van der Waals surface area (Å²) in [6.07, 6.45) is 0.715. The summed E-state index contributed by atoms with van der Waals surface area (Å²) in [5.74, 6) is 0.0598. The molecule has 1 amide bonds. The van der Waals surface area contributed by atoms with E-state index in [1.165, 1.54) is 10.4 Å². The van der Waals surface area contributed by atoms with Gasteiger partial charge in [-0.15, -0.1) is 11.3 Å². The van der Waals surface area contributed by atoms with E-state index in [0.717, 1.165) is 11.3 Å². The van der Waals surface area contributed by atoms with Crippen molar-refractivity contribution in [1.82, 2.24) is 4.90 Å². The number of nitrogens with zero attached hydrogens (tertiary/aromatic N) is 1. The second kappa shape index (κ2) is 5.82. The van der Waals surface area contributed by atoms with Crippen molar-refractivity contribution in [3.05, 3.63) is 21.4 Å². The standard InChI is InChI=1S/C13H19NO3S/c1-3-10-6-12(18-9(10)2)13(16)14-4-5-17-11(7-14)8-15/h6,11,15H,3-5,7-8H2,1-2H3. The van der Waals surface area contributed by atoms with Crippen LogP contribution in [0.3, 0.4) is 0 Å². The third-order valence-electron chi connectivity index (χ3n) is 3.24. The lowest BCUT2D eigenvalue weighted by atomic mass is 10.2. The molecule has 0 spiro atoms. The maximum atomic E-state index is 12.3. The second-order valence-corrected chi connectivity index (χ2v) is 5.73. The number of hydrogen-bond donors (Lipinski definition) is 1. The fraction of sp³-hybridized carbons (Fsp3) is 0.615. The Kier molecular flexibility index (Phi) is 4.37. The quantitative estimate of drug-likeness (QED) is 0.903. The zero-order valence-corrected chi connectivity index (χ0v) is 11.6. The van der Waals surface area contributed by atoms with E-state index in [1.54, 1.807) is 16.2 Å². The van der Waals surface area contributed by atoms with Gasteiger partial charge in [0.15, 0.2) is 0 Å². The van der Waals surface area contributed by atoms with E-state index in [4.69, 9.17) is 9.84 Å². The number of rotatable bonds is 3. The average molecular weight is 269 g/mol. The Morgan fingerprint density at radius 3 is 3.06 bits per heavy atom. The predicted molar refractivity (Wildman–Crippen MR) is 71.2 cm³/mol. The topological polar surface area (TPSA) is 49.8 Å². The molecule has 1 aliphatic heterocycles. The van der Waals surface area contributed by atoms with E-state index in [9.17, 15) is 4.79 Å². The summed E-state index contributed by atoms with van der Waals surface area (Å²) in [5.41, 5.74) is 1.25. The van der Waals surface area contributed by atoms with Gasteiger partial charge in [0.2, 0.25) is 0 Å². The molecule has 1 fully saturated rings. The molecule has 2 heterocycles. The number of amides is 1. The molecule has 0 saturated carbocycles.